The molecule has 1 fully saturated rings. The number of likely N-dealkylation sites (tertiary alicyclic amines) is 1. The highest BCUT2D eigenvalue weighted by Crippen LogP contribution is 2.37. The van der Waals surface area contributed by atoms with Gasteiger partial charge < -0.3 is 4.90 Å². The summed E-state index contributed by atoms with van der Waals surface area (Å²) in [4.78, 5) is 32.2. The number of aryl methyl sites for hydroxylation is 3. The summed E-state index contributed by atoms with van der Waals surface area (Å²) in [5.41, 5.74) is 1.87. The summed E-state index contributed by atoms with van der Waals surface area (Å²) in [6.07, 6.45) is 4.97. The van der Waals surface area contributed by atoms with Crippen LogP contribution < -0.4 is 0 Å². The molecule has 0 N–H and O–H groups in total. The predicted octanol–water partition coefficient (Wildman–Crippen LogP) is 2.34. The number of nitrogens with zero attached hydrogens (tertiary/aromatic N) is 5. The van der Waals surface area contributed by atoms with E-state index in [0.29, 0.717) is 23.8 Å². The Morgan fingerprint density at radius 2 is 1.74 bits per heavy atom. The van der Waals surface area contributed by atoms with Gasteiger partial charge in [0.25, 0.3) is 5.91 Å². The van der Waals surface area contributed by atoms with Crippen LogP contribution in [0.25, 0.3) is 0 Å². The molecule has 0 unspecified atom stereocenters. The normalized spacial score (nSPS) is 20.8. The Morgan fingerprint density at radius 3 is 2.35 bits per heavy atom. The number of rotatable bonds is 2. The van der Waals surface area contributed by atoms with Gasteiger partial charge in [-0.15, -0.1) is 0 Å². The van der Waals surface area contributed by atoms with E-state index in [-0.39, 0.29) is 5.91 Å². The van der Waals surface area contributed by atoms with E-state index in [1.807, 2.05) is 31.7 Å². The average Bonchev–Trinajstić information content (AvgIpc) is 2.89. The molecule has 2 aromatic heterocycles. The molecule has 0 spiro atoms. The minimum Gasteiger partial charge on any atom is -0.326 e. The molecule has 23 heavy (non-hydrogen) atoms. The number of hydrogen-bond acceptors (Lipinski definition) is 5. The van der Waals surface area contributed by atoms with Gasteiger partial charge in [0.2, 0.25) is 0 Å². The van der Waals surface area contributed by atoms with Crippen LogP contribution in [0.15, 0.2) is 18.5 Å². The van der Waals surface area contributed by atoms with E-state index in [0.717, 1.165) is 24.2 Å². The maximum Gasteiger partial charge on any atom is 0.257 e. The number of hydrogen-bond donors (Lipinski definition) is 0. The van der Waals surface area contributed by atoms with Crippen molar-refractivity contribution < 1.29 is 4.79 Å². The fourth-order valence-electron chi connectivity index (χ4n) is 3.15. The van der Waals surface area contributed by atoms with E-state index < -0.39 is 5.54 Å². The van der Waals surface area contributed by atoms with Gasteiger partial charge in [-0.25, -0.2) is 19.9 Å². The third kappa shape index (κ3) is 2.81. The van der Waals surface area contributed by atoms with Crippen LogP contribution in [-0.4, -0.2) is 37.3 Å². The average molecular weight is 311 g/mol. The van der Waals surface area contributed by atoms with Crippen LogP contribution in [0.1, 0.15) is 53.2 Å². The molecule has 1 amide bonds. The Kier molecular flexibility index (Phi) is 3.83. The lowest BCUT2D eigenvalue weighted by Gasteiger charge is -2.34. The Bertz CT molecular complexity index is 723. The first-order valence-corrected chi connectivity index (χ1v) is 7.83. The fraction of sp³-hybridized carbons (Fsp3) is 0.471. The summed E-state index contributed by atoms with van der Waals surface area (Å²) >= 11 is 0. The Morgan fingerprint density at radius 1 is 1.13 bits per heavy atom. The second-order valence-corrected chi connectivity index (χ2v) is 6.33. The molecule has 1 saturated heterocycles. The number of aromatic nitrogens is 4. The van der Waals surface area contributed by atoms with Gasteiger partial charge in [-0.3, -0.25) is 4.79 Å². The van der Waals surface area contributed by atoms with Gasteiger partial charge in [-0.2, -0.15) is 0 Å². The summed E-state index contributed by atoms with van der Waals surface area (Å²) in [5.74, 6) is 1.31. The number of amides is 1. The molecule has 120 valence electrons. The van der Waals surface area contributed by atoms with Crippen molar-refractivity contribution in [1.29, 1.82) is 0 Å². The highest BCUT2D eigenvalue weighted by atomic mass is 16.2. The first kappa shape index (κ1) is 15.5. The van der Waals surface area contributed by atoms with E-state index in [4.69, 9.17) is 0 Å². The third-order valence-corrected chi connectivity index (χ3v) is 4.38. The van der Waals surface area contributed by atoms with Gasteiger partial charge >= 0.3 is 0 Å². The molecule has 1 aliphatic rings. The zero-order valence-electron chi connectivity index (χ0n) is 14.0. The Balaban J connectivity index is 1.98. The molecule has 6 heteroatoms. The molecule has 1 aliphatic heterocycles. The molecule has 3 heterocycles. The van der Waals surface area contributed by atoms with Crippen molar-refractivity contribution in [2.24, 2.45) is 0 Å². The second-order valence-electron chi connectivity index (χ2n) is 6.33. The molecule has 0 radical (unpaired) electrons. The summed E-state index contributed by atoms with van der Waals surface area (Å²) in [7, 11) is 0. The highest BCUT2D eigenvalue weighted by molar-refractivity contribution is 5.94. The largest absolute Gasteiger partial charge is 0.326 e. The summed E-state index contributed by atoms with van der Waals surface area (Å²) in [6.45, 7) is 8.45. The smallest absolute Gasteiger partial charge is 0.257 e. The lowest BCUT2D eigenvalue weighted by atomic mass is 9.96. The summed E-state index contributed by atoms with van der Waals surface area (Å²) < 4.78 is 0. The Labute approximate surface area is 136 Å². The molecule has 3 rings (SSSR count). The maximum absolute atomic E-state index is 12.9. The number of carbonyl (C=O) groups excluding carboxylic acids is 1. The minimum atomic E-state index is -0.487. The highest BCUT2D eigenvalue weighted by Gasteiger charge is 2.43. The third-order valence-electron chi connectivity index (χ3n) is 4.38. The van der Waals surface area contributed by atoms with Crippen LogP contribution in [0.2, 0.25) is 0 Å². The van der Waals surface area contributed by atoms with Crippen LogP contribution in [0.5, 0.6) is 0 Å². The summed E-state index contributed by atoms with van der Waals surface area (Å²) in [5, 5.41) is 0. The van der Waals surface area contributed by atoms with E-state index >= 15 is 0 Å². The molecule has 6 nitrogen and oxygen atoms in total. The van der Waals surface area contributed by atoms with E-state index in [9.17, 15) is 4.79 Å². The second kappa shape index (κ2) is 5.68. The SMILES string of the molecule is Cc1cc(C)nc([C@@]2(C)CCCN2C(=O)c2cnc(C)nc2)n1. The Hall–Kier alpha value is -2.37. The molecular formula is C17H21N5O. The molecule has 0 aliphatic carbocycles. The zero-order valence-corrected chi connectivity index (χ0v) is 14.0. The van der Waals surface area contributed by atoms with Crippen LogP contribution in [0, 0.1) is 20.8 Å². The quantitative estimate of drug-likeness (QED) is 0.851. The first-order valence-electron chi connectivity index (χ1n) is 7.83. The molecule has 0 saturated carbocycles. The molecule has 0 aromatic carbocycles. The lowest BCUT2D eigenvalue weighted by Crippen LogP contribution is -2.44. The number of carbonyl (C=O) groups is 1. The monoisotopic (exact) mass is 311 g/mol. The topological polar surface area (TPSA) is 71.9 Å². The van der Waals surface area contributed by atoms with Gasteiger partial charge in [-0.05, 0) is 46.6 Å². The predicted molar refractivity (Wildman–Crippen MR) is 85.9 cm³/mol. The van der Waals surface area contributed by atoms with E-state index in [1.165, 1.54) is 0 Å². The van der Waals surface area contributed by atoms with Crippen LogP contribution >= 0.6 is 0 Å². The van der Waals surface area contributed by atoms with Gasteiger partial charge in [0, 0.05) is 30.3 Å². The van der Waals surface area contributed by atoms with Crippen molar-refractivity contribution >= 4 is 5.91 Å². The van der Waals surface area contributed by atoms with Gasteiger partial charge in [0.1, 0.15) is 11.4 Å². The van der Waals surface area contributed by atoms with Crippen molar-refractivity contribution in [3.05, 3.63) is 47.1 Å². The molecular weight excluding hydrogens is 290 g/mol. The van der Waals surface area contributed by atoms with Crippen molar-refractivity contribution in [2.75, 3.05) is 6.54 Å². The van der Waals surface area contributed by atoms with Crippen molar-refractivity contribution in [2.45, 2.75) is 46.1 Å². The molecule has 1 atom stereocenters. The van der Waals surface area contributed by atoms with E-state index in [1.54, 1.807) is 19.3 Å². The van der Waals surface area contributed by atoms with Crippen molar-refractivity contribution in [3.8, 4) is 0 Å². The standard InChI is InChI=1S/C17H21N5O/c1-11-8-12(2)21-16(20-11)17(4)6-5-7-22(17)15(23)14-9-18-13(3)19-10-14/h8-10H,5-7H2,1-4H3/t17-/m1/s1. The van der Waals surface area contributed by atoms with Gasteiger partial charge in [-0.1, -0.05) is 0 Å². The maximum atomic E-state index is 12.9. The first-order chi connectivity index (χ1) is 10.9. The molecule has 0 bridgehead atoms. The minimum absolute atomic E-state index is 0.0623. The van der Waals surface area contributed by atoms with Crippen LogP contribution in [0.4, 0.5) is 0 Å². The van der Waals surface area contributed by atoms with Gasteiger partial charge in [0.05, 0.1) is 5.56 Å². The van der Waals surface area contributed by atoms with Crippen molar-refractivity contribution in [1.82, 2.24) is 24.8 Å². The fourth-order valence-corrected chi connectivity index (χ4v) is 3.15. The van der Waals surface area contributed by atoms with Crippen LogP contribution in [-0.2, 0) is 5.54 Å². The van der Waals surface area contributed by atoms with Crippen LogP contribution in [0.3, 0.4) is 0 Å². The lowest BCUT2D eigenvalue weighted by molar-refractivity contribution is 0.0602. The summed E-state index contributed by atoms with van der Waals surface area (Å²) in [6, 6.07) is 1.95. The van der Waals surface area contributed by atoms with Gasteiger partial charge in [0.15, 0.2) is 5.82 Å². The molecule has 2 aromatic rings. The van der Waals surface area contributed by atoms with E-state index in [2.05, 4.69) is 19.9 Å². The zero-order chi connectivity index (χ0) is 16.6. The van der Waals surface area contributed by atoms with Crippen molar-refractivity contribution in [3.63, 3.8) is 0 Å².